The molecule has 0 fully saturated rings. The number of imidazole rings is 1. The molecule has 0 saturated carbocycles. The average molecular weight is 387 g/mol. The minimum Gasteiger partial charge on any atom is -0.304 e. The molecule has 0 spiro atoms. The highest BCUT2D eigenvalue weighted by atomic mass is 16.2. The molecule has 0 saturated heterocycles. The number of carbonyl (C=O) groups is 1. The van der Waals surface area contributed by atoms with Crippen molar-refractivity contribution in [3.63, 3.8) is 0 Å². The Morgan fingerprint density at radius 2 is 1.83 bits per heavy atom. The first-order valence-corrected chi connectivity index (χ1v) is 9.59. The highest BCUT2D eigenvalue weighted by Crippen LogP contribution is 2.28. The van der Waals surface area contributed by atoms with E-state index in [1.54, 1.807) is 0 Å². The standard InChI is InChI=1S/C22H21N5O2/c1-2-3-15-27-19(28)13-12-17(25-27)22(29)24-21-20(16-9-5-4-6-10-16)23-18-11-7-8-14-26(18)21/h4-14H,2-3,15H2,1H3,(H,24,29). The molecule has 1 N–H and O–H groups in total. The van der Waals surface area contributed by atoms with Crippen molar-refractivity contribution < 1.29 is 4.79 Å². The number of pyridine rings is 1. The minimum absolute atomic E-state index is 0.186. The molecule has 146 valence electrons. The molecule has 7 heteroatoms. The smallest absolute Gasteiger partial charge is 0.277 e. The van der Waals surface area contributed by atoms with Gasteiger partial charge in [-0.15, -0.1) is 0 Å². The largest absolute Gasteiger partial charge is 0.304 e. The fraction of sp³-hybridized carbons (Fsp3) is 0.182. The number of nitrogens with one attached hydrogen (secondary N) is 1. The van der Waals surface area contributed by atoms with Crippen LogP contribution >= 0.6 is 0 Å². The number of aromatic nitrogens is 4. The molecule has 0 atom stereocenters. The number of rotatable bonds is 6. The van der Waals surface area contributed by atoms with E-state index in [4.69, 9.17) is 0 Å². The van der Waals surface area contributed by atoms with Gasteiger partial charge in [-0.3, -0.25) is 14.0 Å². The van der Waals surface area contributed by atoms with Crippen LogP contribution in [-0.2, 0) is 6.54 Å². The molecule has 29 heavy (non-hydrogen) atoms. The maximum absolute atomic E-state index is 12.9. The van der Waals surface area contributed by atoms with Gasteiger partial charge in [0, 0.05) is 24.4 Å². The number of hydrogen-bond acceptors (Lipinski definition) is 4. The predicted molar refractivity (Wildman–Crippen MR) is 112 cm³/mol. The van der Waals surface area contributed by atoms with E-state index in [0.29, 0.717) is 18.1 Å². The van der Waals surface area contributed by atoms with E-state index in [9.17, 15) is 9.59 Å². The van der Waals surface area contributed by atoms with E-state index in [0.717, 1.165) is 24.1 Å². The molecule has 3 aromatic heterocycles. The molecule has 7 nitrogen and oxygen atoms in total. The lowest BCUT2D eigenvalue weighted by molar-refractivity contribution is 0.101. The van der Waals surface area contributed by atoms with Crippen molar-refractivity contribution in [2.75, 3.05) is 5.32 Å². The molecular formula is C22H21N5O2. The van der Waals surface area contributed by atoms with Gasteiger partial charge in [-0.25, -0.2) is 9.67 Å². The van der Waals surface area contributed by atoms with Crippen molar-refractivity contribution in [1.29, 1.82) is 0 Å². The van der Waals surface area contributed by atoms with Crippen LogP contribution in [-0.4, -0.2) is 25.1 Å². The highest BCUT2D eigenvalue weighted by Gasteiger charge is 2.18. The van der Waals surface area contributed by atoms with Crippen LogP contribution in [0, 0.1) is 0 Å². The van der Waals surface area contributed by atoms with Crippen LogP contribution in [0.5, 0.6) is 0 Å². The Balaban J connectivity index is 1.73. The van der Waals surface area contributed by atoms with Crippen molar-refractivity contribution in [1.82, 2.24) is 19.2 Å². The predicted octanol–water partition coefficient (Wildman–Crippen LogP) is 3.61. The second-order valence-electron chi connectivity index (χ2n) is 6.69. The van der Waals surface area contributed by atoms with Crippen LogP contribution in [0.25, 0.3) is 16.9 Å². The zero-order chi connectivity index (χ0) is 20.2. The van der Waals surface area contributed by atoms with Crippen molar-refractivity contribution in [3.8, 4) is 11.3 Å². The van der Waals surface area contributed by atoms with Crippen LogP contribution < -0.4 is 10.9 Å². The maximum atomic E-state index is 12.9. The summed E-state index contributed by atoms with van der Waals surface area (Å²) in [6.45, 7) is 2.53. The van der Waals surface area contributed by atoms with Gasteiger partial charge in [0.25, 0.3) is 11.5 Å². The SMILES string of the molecule is CCCCn1nc(C(=O)Nc2c(-c3ccccc3)nc3ccccn23)ccc1=O. The van der Waals surface area contributed by atoms with Crippen LogP contribution in [0.1, 0.15) is 30.3 Å². The molecule has 1 aromatic carbocycles. The quantitative estimate of drug-likeness (QED) is 0.548. The van der Waals surface area contributed by atoms with E-state index >= 15 is 0 Å². The van der Waals surface area contributed by atoms with Crippen LogP contribution in [0.2, 0.25) is 0 Å². The second-order valence-corrected chi connectivity index (χ2v) is 6.69. The summed E-state index contributed by atoms with van der Waals surface area (Å²) in [5, 5.41) is 7.17. The van der Waals surface area contributed by atoms with Gasteiger partial charge < -0.3 is 5.32 Å². The van der Waals surface area contributed by atoms with Gasteiger partial charge in [-0.1, -0.05) is 49.7 Å². The number of unbranched alkanes of at least 4 members (excludes halogenated alkanes) is 1. The molecule has 0 unspecified atom stereocenters. The van der Waals surface area contributed by atoms with E-state index < -0.39 is 5.91 Å². The molecule has 4 rings (SSSR count). The first-order valence-electron chi connectivity index (χ1n) is 9.59. The fourth-order valence-electron chi connectivity index (χ4n) is 3.12. The van der Waals surface area contributed by atoms with Crippen molar-refractivity contribution in [2.45, 2.75) is 26.3 Å². The number of aryl methyl sites for hydroxylation is 1. The molecule has 0 radical (unpaired) electrons. The Bertz CT molecular complexity index is 1210. The molecule has 4 aromatic rings. The monoisotopic (exact) mass is 387 g/mol. The van der Waals surface area contributed by atoms with Gasteiger partial charge >= 0.3 is 0 Å². The molecular weight excluding hydrogens is 366 g/mol. The highest BCUT2D eigenvalue weighted by molar-refractivity contribution is 6.04. The number of benzene rings is 1. The fourth-order valence-corrected chi connectivity index (χ4v) is 3.12. The van der Waals surface area contributed by atoms with Gasteiger partial charge in [0.1, 0.15) is 22.9 Å². The Morgan fingerprint density at radius 3 is 2.62 bits per heavy atom. The van der Waals surface area contributed by atoms with E-state index in [-0.39, 0.29) is 11.3 Å². The van der Waals surface area contributed by atoms with E-state index in [2.05, 4.69) is 15.4 Å². The molecule has 0 aliphatic heterocycles. The Morgan fingerprint density at radius 1 is 1.03 bits per heavy atom. The van der Waals surface area contributed by atoms with Crippen LogP contribution in [0.3, 0.4) is 0 Å². The first kappa shape index (κ1) is 18.6. The maximum Gasteiger partial charge on any atom is 0.277 e. The zero-order valence-corrected chi connectivity index (χ0v) is 16.1. The van der Waals surface area contributed by atoms with Gasteiger partial charge in [-0.05, 0) is 24.6 Å². The molecule has 3 heterocycles. The van der Waals surface area contributed by atoms with Crippen molar-refractivity contribution >= 4 is 17.4 Å². The Kier molecular flexibility index (Phi) is 5.20. The number of hydrogen-bond donors (Lipinski definition) is 1. The third-order valence-electron chi connectivity index (χ3n) is 4.63. The summed E-state index contributed by atoms with van der Waals surface area (Å²) in [7, 11) is 0. The van der Waals surface area contributed by atoms with Crippen molar-refractivity contribution in [3.05, 3.63) is 82.9 Å². The topological polar surface area (TPSA) is 81.3 Å². The Hall–Kier alpha value is -3.74. The average Bonchev–Trinajstić information content (AvgIpc) is 3.12. The van der Waals surface area contributed by atoms with Gasteiger partial charge in [0.05, 0.1) is 0 Å². The lowest BCUT2D eigenvalue weighted by atomic mass is 10.1. The molecule has 0 bridgehead atoms. The molecule has 0 aliphatic rings. The summed E-state index contributed by atoms with van der Waals surface area (Å²) >= 11 is 0. The van der Waals surface area contributed by atoms with Gasteiger partial charge in [-0.2, -0.15) is 5.10 Å². The third kappa shape index (κ3) is 3.80. The molecule has 0 aliphatic carbocycles. The summed E-state index contributed by atoms with van der Waals surface area (Å²) in [6, 6.07) is 18.2. The number of anilines is 1. The van der Waals surface area contributed by atoms with E-state index in [1.807, 2.05) is 66.1 Å². The minimum atomic E-state index is -0.391. The second kappa shape index (κ2) is 8.10. The summed E-state index contributed by atoms with van der Waals surface area (Å²) < 4.78 is 3.17. The summed E-state index contributed by atoms with van der Waals surface area (Å²) in [4.78, 5) is 29.6. The lowest BCUT2D eigenvalue weighted by Gasteiger charge is -2.09. The number of amides is 1. The molecule has 1 amide bonds. The lowest BCUT2D eigenvalue weighted by Crippen LogP contribution is -2.26. The first-order chi connectivity index (χ1) is 14.2. The Labute approximate surface area is 167 Å². The van der Waals surface area contributed by atoms with Gasteiger partial charge in [0.2, 0.25) is 0 Å². The number of nitrogens with zero attached hydrogens (tertiary/aromatic N) is 4. The van der Waals surface area contributed by atoms with Crippen LogP contribution in [0.4, 0.5) is 5.82 Å². The summed E-state index contributed by atoms with van der Waals surface area (Å²) in [5.74, 6) is 0.169. The zero-order valence-electron chi connectivity index (χ0n) is 16.1. The van der Waals surface area contributed by atoms with E-state index in [1.165, 1.54) is 16.8 Å². The third-order valence-corrected chi connectivity index (χ3v) is 4.63. The number of carbonyl (C=O) groups excluding carboxylic acids is 1. The summed E-state index contributed by atoms with van der Waals surface area (Å²) in [6.07, 6.45) is 3.61. The van der Waals surface area contributed by atoms with Gasteiger partial charge in [0.15, 0.2) is 0 Å². The number of fused-ring (bicyclic) bond motifs is 1. The van der Waals surface area contributed by atoms with Crippen molar-refractivity contribution in [2.24, 2.45) is 0 Å². The normalized spacial score (nSPS) is 10.9. The van der Waals surface area contributed by atoms with Crippen LogP contribution in [0.15, 0.2) is 71.7 Å². The summed E-state index contributed by atoms with van der Waals surface area (Å²) in [5.41, 5.74) is 2.26.